The van der Waals surface area contributed by atoms with E-state index < -0.39 is 0 Å². The monoisotopic (exact) mass is 264 g/mol. The van der Waals surface area contributed by atoms with E-state index in [-0.39, 0.29) is 0 Å². The molecule has 1 fully saturated rings. The van der Waals surface area contributed by atoms with Crippen LogP contribution in [0.25, 0.3) is 0 Å². The molecule has 0 bridgehead atoms. The van der Waals surface area contributed by atoms with Crippen LogP contribution < -0.4 is 5.32 Å². The molecule has 0 radical (unpaired) electrons. The van der Waals surface area contributed by atoms with Crippen molar-refractivity contribution in [2.24, 2.45) is 0 Å². The van der Waals surface area contributed by atoms with Crippen LogP contribution in [-0.2, 0) is 13.1 Å². The maximum absolute atomic E-state index is 4.53. The summed E-state index contributed by atoms with van der Waals surface area (Å²) in [5.74, 6) is 0. The zero-order valence-corrected chi connectivity index (χ0v) is 12.8. The van der Waals surface area contributed by atoms with E-state index >= 15 is 0 Å². The van der Waals surface area contributed by atoms with Crippen molar-refractivity contribution < 1.29 is 0 Å². The second kappa shape index (κ2) is 6.53. The van der Waals surface area contributed by atoms with Gasteiger partial charge in [0.2, 0.25) is 0 Å². The van der Waals surface area contributed by atoms with Crippen LogP contribution in [0.4, 0.5) is 0 Å². The maximum atomic E-state index is 4.53. The average molecular weight is 264 g/mol. The lowest BCUT2D eigenvalue weighted by atomic mass is 9.90. The number of nitrogens with zero attached hydrogens (tertiary/aromatic N) is 3. The highest BCUT2D eigenvalue weighted by Gasteiger charge is 2.23. The Bertz CT molecular complexity index is 391. The van der Waals surface area contributed by atoms with Crippen LogP contribution in [0.2, 0.25) is 0 Å². The molecule has 0 unspecified atom stereocenters. The summed E-state index contributed by atoms with van der Waals surface area (Å²) in [6.45, 7) is 6.22. The molecule has 0 amide bonds. The Morgan fingerprint density at radius 3 is 2.63 bits per heavy atom. The second-order valence-corrected chi connectivity index (χ2v) is 5.80. The van der Waals surface area contributed by atoms with E-state index in [9.17, 15) is 0 Å². The fourth-order valence-corrected chi connectivity index (χ4v) is 3.19. The van der Waals surface area contributed by atoms with Crippen molar-refractivity contribution in [1.82, 2.24) is 20.0 Å². The number of hydrogen-bond acceptors (Lipinski definition) is 3. The lowest BCUT2D eigenvalue weighted by Gasteiger charge is -2.34. The molecule has 1 aromatic heterocycles. The Morgan fingerprint density at radius 1 is 1.37 bits per heavy atom. The van der Waals surface area contributed by atoms with Crippen LogP contribution in [-0.4, -0.2) is 40.9 Å². The molecule has 0 saturated heterocycles. The predicted octanol–water partition coefficient (Wildman–Crippen LogP) is 2.17. The zero-order valence-electron chi connectivity index (χ0n) is 12.8. The molecule has 1 aromatic rings. The summed E-state index contributed by atoms with van der Waals surface area (Å²) in [6.07, 6.45) is 5.22. The molecule has 4 heteroatoms. The van der Waals surface area contributed by atoms with Crippen LogP contribution in [0.3, 0.4) is 0 Å². The minimum absolute atomic E-state index is 0.727. The Kier molecular flexibility index (Phi) is 4.99. The van der Waals surface area contributed by atoms with Gasteiger partial charge >= 0.3 is 0 Å². The van der Waals surface area contributed by atoms with Gasteiger partial charge in [-0.05, 0) is 59.7 Å². The molecule has 1 aliphatic rings. The number of rotatable bonds is 5. The molecule has 0 aromatic carbocycles. The van der Waals surface area contributed by atoms with Gasteiger partial charge in [0.1, 0.15) is 0 Å². The molecule has 4 nitrogen and oxygen atoms in total. The van der Waals surface area contributed by atoms with Gasteiger partial charge < -0.3 is 5.32 Å². The Labute approximate surface area is 117 Å². The first-order valence-corrected chi connectivity index (χ1v) is 7.54. The quantitative estimate of drug-likeness (QED) is 0.885. The van der Waals surface area contributed by atoms with Gasteiger partial charge in [-0.2, -0.15) is 5.10 Å². The third kappa shape index (κ3) is 3.57. The molecule has 1 aliphatic carbocycles. The van der Waals surface area contributed by atoms with Crippen molar-refractivity contribution in [1.29, 1.82) is 0 Å². The van der Waals surface area contributed by atoms with Gasteiger partial charge in [-0.25, -0.2) is 0 Å². The van der Waals surface area contributed by atoms with Gasteiger partial charge in [-0.3, -0.25) is 9.58 Å². The van der Waals surface area contributed by atoms with E-state index in [4.69, 9.17) is 0 Å². The normalized spacial score (nSPS) is 24.1. The van der Waals surface area contributed by atoms with Crippen molar-refractivity contribution in [3.8, 4) is 0 Å². The SMILES string of the molecule is CCn1nc(C)cc1CN(C)C1CCC(NC)CC1. The summed E-state index contributed by atoms with van der Waals surface area (Å²) in [4.78, 5) is 2.51. The highest BCUT2D eigenvalue weighted by atomic mass is 15.3. The number of aryl methyl sites for hydroxylation is 2. The van der Waals surface area contributed by atoms with Crippen molar-refractivity contribution in [2.75, 3.05) is 14.1 Å². The first-order valence-electron chi connectivity index (χ1n) is 7.54. The largest absolute Gasteiger partial charge is 0.317 e. The third-order valence-corrected chi connectivity index (χ3v) is 4.42. The topological polar surface area (TPSA) is 33.1 Å². The Balaban J connectivity index is 1.92. The van der Waals surface area contributed by atoms with Crippen LogP contribution >= 0.6 is 0 Å². The Hall–Kier alpha value is -0.870. The number of nitrogens with one attached hydrogen (secondary N) is 1. The van der Waals surface area contributed by atoms with Crippen LogP contribution in [0.15, 0.2) is 6.07 Å². The van der Waals surface area contributed by atoms with E-state index in [2.05, 4.69) is 54.0 Å². The van der Waals surface area contributed by atoms with Crippen molar-refractivity contribution in [3.05, 3.63) is 17.5 Å². The summed E-state index contributed by atoms with van der Waals surface area (Å²) in [7, 11) is 4.34. The summed E-state index contributed by atoms with van der Waals surface area (Å²) in [5, 5.41) is 7.93. The highest BCUT2D eigenvalue weighted by Crippen LogP contribution is 2.23. The van der Waals surface area contributed by atoms with Crippen molar-refractivity contribution in [3.63, 3.8) is 0 Å². The highest BCUT2D eigenvalue weighted by molar-refractivity contribution is 5.09. The summed E-state index contributed by atoms with van der Waals surface area (Å²) in [5.41, 5.74) is 2.47. The van der Waals surface area contributed by atoms with Crippen LogP contribution in [0.5, 0.6) is 0 Å². The van der Waals surface area contributed by atoms with Gasteiger partial charge in [-0.1, -0.05) is 0 Å². The minimum Gasteiger partial charge on any atom is -0.317 e. The van der Waals surface area contributed by atoms with E-state index in [1.54, 1.807) is 0 Å². The fraction of sp³-hybridized carbons (Fsp3) is 0.800. The molecule has 1 N–H and O–H groups in total. The predicted molar refractivity (Wildman–Crippen MR) is 79.2 cm³/mol. The summed E-state index contributed by atoms with van der Waals surface area (Å²) < 4.78 is 2.13. The molecule has 1 heterocycles. The number of aromatic nitrogens is 2. The smallest absolute Gasteiger partial charge is 0.0597 e. The van der Waals surface area contributed by atoms with Gasteiger partial charge in [0.05, 0.1) is 11.4 Å². The standard InChI is InChI=1S/C15H28N4/c1-5-19-15(10-12(2)17-19)11-18(4)14-8-6-13(16-3)7-9-14/h10,13-14,16H,5-9,11H2,1-4H3. The van der Waals surface area contributed by atoms with E-state index in [1.165, 1.54) is 31.4 Å². The zero-order chi connectivity index (χ0) is 13.8. The third-order valence-electron chi connectivity index (χ3n) is 4.42. The van der Waals surface area contributed by atoms with E-state index in [1.807, 2.05) is 0 Å². The molecule has 0 atom stereocenters. The summed E-state index contributed by atoms with van der Waals surface area (Å²) in [6, 6.07) is 3.68. The lowest BCUT2D eigenvalue weighted by Crippen LogP contribution is -2.39. The molecule has 0 aliphatic heterocycles. The van der Waals surface area contributed by atoms with Crippen LogP contribution in [0.1, 0.15) is 44.0 Å². The molecule has 2 rings (SSSR count). The van der Waals surface area contributed by atoms with E-state index in [0.29, 0.717) is 0 Å². The molecule has 108 valence electrons. The minimum atomic E-state index is 0.727. The fourth-order valence-electron chi connectivity index (χ4n) is 3.19. The van der Waals surface area contributed by atoms with Crippen LogP contribution in [0, 0.1) is 6.92 Å². The average Bonchev–Trinajstić information content (AvgIpc) is 2.78. The molecule has 0 spiro atoms. The van der Waals surface area contributed by atoms with Gasteiger partial charge in [0, 0.05) is 25.2 Å². The van der Waals surface area contributed by atoms with E-state index in [0.717, 1.165) is 30.9 Å². The maximum Gasteiger partial charge on any atom is 0.0597 e. The summed E-state index contributed by atoms with van der Waals surface area (Å²) >= 11 is 0. The lowest BCUT2D eigenvalue weighted by molar-refractivity contribution is 0.166. The van der Waals surface area contributed by atoms with Crippen molar-refractivity contribution in [2.45, 2.75) is 64.7 Å². The molecule has 1 saturated carbocycles. The molecule has 19 heavy (non-hydrogen) atoms. The number of hydrogen-bond donors (Lipinski definition) is 1. The molecular weight excluding hydrogens is 236 g/mol. The van der Waals surface area contributed by atoms with Crippen molar-refractivity contribution >= 4 is 0 Å². The first-order chi connectivity index (χ1) is 9.13. The second-order valence-electron chi connectivity index (χ2n) is 5.80. The Morgan fingerprint density at radius 2 is 2.05 bits per heavy atom. The molecular formula is C15H28N4. The first kappa shape index (κ1) is 14.5. The van der Waals surface area contributed by atoms with Gasteiger partial charge in [0.25, 0.3) is 0 Å². The van der Waals surface area contributed by atoms with Gasteiger partial charge in [-0.15, -0.1) is 0 Å². The van der Waals surface area contributed by atoms with Gasteiger partial charge in [0.15, 0.2) is 0 Å².